The Hall–Kier alpha value is -0.980. The van der Waals surface area contributed by atoms with E-state index < -0.39 is 9.84 Å². The van der Waals surface area contributed by atoms with E-state index in [9.17, 15) is 12.8 Å². The number of sulfone groups is 1. The van der Waals surface area contributed by atoms with Gasteiger partial charge in [0.15, 0.2) is 9.84 Å². The molecule has 2 N–H and O–H groups in total. The van der Waals surface area contributed by atoms with E-state index >= 15 is 0 Å². The summed E-state index contributed by atoms with van der Waals surface area (Å²) < 4.78 is 37.6. The molecule has 6 heteroatoms. The van der Waals surface area contributed by atoms with Gasteiger partial charge in [0.2, 0.25) is 0 Å². The van der Waals surface area contributed by atoms with Crippen molar-refractivity contribution in [1.82, 2.24) is 4.90 Å². The number of hydrogen-bond donors (Lipinski definition) is 1. The fourth-order valence-corrected chi connectivity index (χ4v) is 4.60. The molecular weight excluding hydrogens is 291 g/mol. The number of hydrogen-bond acceptors (Lipinski definition) is 4. The second kappa shape index (κ2) is 6.42. The minimum atomic E-state index is -3.00. The molecular formula is C15H23FN2O2S. The molecule has 0 aromatic heterocycles. The van der Waals surface area contributed by atoms with Crippen molar-refractivity contribution < 1.29 is 12.8 Å². The van der Waals surface area contributed by atoms with E-state index in [4.69, 9.17) is 5.73 Å². The number of rotatable bonds is 4. The monoisotopic (exact) mass is 314 g/mol. The Kier molecular flexibility index (Phi) is 5.01. The summed E-state index contributed by atoms with van der Waals surface area (Å²) in [4.78, 5) is 2.04. The lowest BCUT2D eigenvalue weighted by Gasteiger charge is -2.42. The highest BCUT2D eigenvalue weighted by molar-refractivity contribution is 7.91. The lowest BCUT2D eigenvalue weighted by Crippen LogP contribution is -2.52. The van der Waals surface area contributed by atoms with Gasteiger partial charge < -0.3 is 5.73 Å². The van der Waals surface area contributed by atoms with Crippen LogP contribution >= 0.6 is 0 Å². The van der Waals surface area contributed by atoms with Crippen LogP contribution in [-0.2, 0) is 9.84 Å². The van der Waals surface area contributed by atoms with Crippen LogP contribution in [0, 0.1) is 5.82 Å². The first-order valence-electron chi connectivity index (χ1n) is 7.32. The first kappa shape index (κ1) is 16.4. The molecule has 2 rings (SSSR count). The predicted molar refractivity (Wildman–Crippen MR) is 82.2 cm³/mol. The van der Waals surface area contributed by atoms with Crippen LogP contribution in [0.1, 0.15) is 31.9 Å². The van der Waals surface area contributed by atoms with E-state index in [1.54, 1.807) is 18.2 Å². The molecule has 3 atom stereocenters. The maximum absolute atomic E-state index is 14.2. The summed E-state index contributed by atoms with van der Waals surface area (Å²) >= 11 is 0. The Morgan fingerprint density at radius 1 is 1.43 bits per heavy atom. The smallest absolute Gasteiger partial charge is 0.153 e. The molecule has 0 spiro atoms. The third-order valence-corrected chi connectivity index (χ3v) is 5.97. The lowest BCUT2D eigenvalue weighted by atomic mass is 9.94. The molecule has 1 aromatic carbocycles. The molecule has 1 saturated heterocycles. The van der Waals surface area contributed by atoms with Crippen molar-refractivity contribution in [2.45, 2.75) is 38.4 Å². The molecule has 1 aliphatic rings. The molecule has 1 heterocycles. The normalized spacial score (nSPS) is 25.4. The average Bonchev–Trinajstić information content (AvgIpc) is 2.42. The zero-order valence-electron chi connectivity index (χ0n) is 12.5. The van der Waals surface area contributed by atoms with Crippen molar-refractivity contribution >= 4 is 9.84 Å². The number of benzene rings is 1. The standard InChI is InChI=1S/C15H23FN2O2S/c1-3-14(17)15(12-6-4-5-7-13(12)16)18-8-9-21(19,20)10-11(18)2/h4-7,11,14-15H,3,8-10,17H2,1-2H3. The van der Waals surface area contributed by atoms with E-state index in [1.165, 1.54) is 6.07 Å². The van der Waals surface area contributed by atoms with E-state index in [0.29, 0.717) is 18.5 Å². The topological polar surface area (TPSA) is 63.4 Å². The molecule has 0 bridgehead atoms. The first-order chi connectivity index (χ1) is 9.85. The molecule has 1 aliphatic heterocycles. The van der Waals surface area contributed by atoms with Crippen LogP contribution in [0.5, 0.6) is 0 Å². The van der Waals surface area contributed by atoms with Crippen molar-refractivity contribution in [1.29, 1.82) is 0 Å². The molecule has 118 valence electrons. The molecule has 1 aromatic rings. The molecule has 0 amide bonds. The van der Waals surface area contributed by atoms with Crippen molar-refractivity contribution in [2.24, 2.45) is 5.73 Å². The summed E-state index contributed by atoms with van der Waals surface area (Å²) in [7, 11) is -3.00. The molecule has 0 saturated carbocycles. The second-order valence-electron chi connectivity index (χ2n) is 5.74. The van der Waals surface area contributed by atoms with Crippen molar-refractivity contribution in [2.75, 3.05) is 18.1 Å². The SMILES string of the molecule is CCC(N)C(c1ccccc1F)N1CCS(=O)(=O)CC1C. The number of halogens is 1. The largest absolute Gasteiger partial charge is 0.326 e. The highest BCUT2D eigenvalue weighted by atomic mass is 32.2. The quantitative estimate of drug-likeness (QED) is 0.919. The maximum Gasteiger partial charge on any atom is 0.153 e. The van der Waals surface area contributed by atoms with Gasteiger partial charge in [0.05, 0.1) is 17.5 Å². The summed E-state index contributed by atoms with van der Waals surface area (Å²) in [5, 5.41) is 0. The van der Waals surface area contributed by atoms with Crippen LogP contribution < -0.4 is 5.73 Å². The van der Waals surface area contributed by atoms with E-state index in [0.717, 1.165) is 0 Å². The van der Waals surface area contributed by atoms with Crippen LogP contribution in [0.25, 0.3) is 0 Å². The summed E-state index contributed by atoms with van der Waals surface area (Å²) in [6.07, 6.45) is 0.703. The van der Waals surface area contributed by atoms with Crippen molar-refractivity contribution in [3.05, 3.63) is 35.6 Å². The molecule has 3 unspecified atom stereocenters. The van der Waals surface area contributed by atoms with Crippen molar-refractivity contribution in [3.8, 4) is 0 Å². The molecule has 0 aliphatic carbocycles. The summed E-state index contributed by atoms with van der Waals surface area (Å²) in [6.45, 7) is 4.23. The number of nitrogens with two attached hydrogens (primary N) is 1. The van der Waals surface area contributed by atoms with Gasteiger partial charge in [-0.1, -0.05) is 25.1 Å². The van der Waals surface area contributed by atoms with Gasteiger partial charge >= 0.3 is 0 Å². The average molecular weight is 314 g/mol. The number of nitrogens with zero attached hydrogens (tertiary/aromatic N) is 1. The van der Waals surface area contributed by atoms with Gasteiger partial charge in [0.1, 0.15) is 5.82 Å². The molecule has 21 heavy (non-hydrogen) atoms. The van der Waals surface area contributed by atoms with Crippen molar-refractivity contribution in [3.63, 3.8) is 0 Å². The van der Waals surface area contributed by atoms with E-state index in [-0.39, 0.29) is 35.4 Å². The van der Waals surface area contributed by atoms with Gasteiger partial charge in [-0.3, -0.25) is 4.90 Å². The summed E-state index contributed by atoms with van der Waals surface area (Å²) in [5.41, 5.74) is 6.77. The van der Waals surface area contributed by atoms with Gasteiger partial charge in [0.25, 0.3) is 0 Å². The highest BCUT2D eigenvalue weighted by Crippen LogP contribution is 2.31. The Labute approximate surface area is 126 Å². The predicted octanol–water partition coefficient (Wildman–Crippen LogP) is 1.72. The fourth-order valence-electron chi connectivity index (χ4n) is 3.02. The summed E-state index contributed by atoms with van der Waals surface area (Å²) in [5.74, 6) is -0.0698. The van der Waals surface area contributed by atoms with Crippen LogP contribution in [0.15, 0.2) is 24.3 Å². The second-order valence-corrected chi connectivity index (χ2v) is 7.97. The molecule has 0 radical (unpaired) electrons. The van der Waals surface area contributed by atoms with Gasteiger partial charge in [0, 0.05) is 24.2 Å². The zero-order valence-corrected chi connectivity index (χ0v) is 13.3. The summed E-state index contributed by atoms with van der Waals surface area (Å²) in [6, 6.07) is 5.93. The third kappa shape index (κ3) is 3.62. The van der Waals surface area contributed by atoms with Gasteiger partial charge in [-0.15, -0.1) is 0 Å². The fraction of sp³-hybridized carbons (Fsp3) is 0.600. The Morgan fingerprint density at radius 3 is 2.67 bits per heavy atom. The Morgan fingerprint density at radius 2 is 2.10 bits per heavy atom. The van der Waals surface area contributed by atoms with Gasteiger partial charge in [-0.2, -0.15) is 0 Å². The molecule has 1 fully saturated rings. The van der Waals surface area contributed by atoms with Crippen LogP contribution in [0.2, 0.25) is 0 Å². The molecule has 4 nitrogen and oxygen atoms in total. The van der Waals surface area contributed by atoms with Crippen LogP contribution in [-0.4, -0.2) is 43.5 Å². The highest BCUT2D eigenvalue weighted by Gasteiger charge is 2.36. The zero-order chi connectivity index (χ0) is 15.6. The maximum atomic E-state index is 14.2. The Balaban J connectivity index is 2.36. The minimum absolute atomic E-state index is 0.106. The van der Waals surface area contributed by atoms with E-state index in [2.05, 4.69) is 0 Å². The minimum Gasteiger partial charge on any atom is -0.326 e. The third-order valence-electron chi connectivity index (χ3n) is 4.18. The van der Waals surface area contributed by atoms with Gasteiger partial charge in [-0.05, 0) is 19.4 Å². The van der Waals surface area contributed by atoms with Gasteiger partial charge in [-0.25, -0.2) is 12.8 Å². The lowest BCUT2D eigenvalue weighted by molar-refractivity contribution is 0.131. The first-order valence-corrected chi connectivity index (χ1v) is 9.14. The Bertz CT molecular complexity index is 591. The van der Waals surface area contributed by atoms with Crippen LogP contribution in [0.4, 0.5) is 4.39 Å². The van der Waals surface area contributed by atoms with Crippen LogP contribution in [0.3, 0.4) is 0 Å². The van der Waals surface area contributed by atoms with E-state index in [1.807, 2.05) is 18.7 Å².